The Hall–Kier alpha value is -1.77. The summed E-state index contributed by atoms with van der Waals surface area (Å²) in [4.78, 5) is 27.4. The van der Waals surface area contributed by atoms with Crippen LogP contribution in [0.2, 0.25) is 0 Å². The monoisotopic (exact) mass is 409 g/mol. The molecule has 0 bridgehead atoms. The number of halogens is 1. The number of rotatable bonds is 5. The first-order chi connectivity index (χ1) is 11.6. The summed E-state index contributed by atoms with van der Waals surface area (Å²) in [5.74, 6) is 0. The molecule has 24 heavy (non-hydrogen) atoms. The fraction of sp³-hybridized carbons (Fsp3) is 0.312. The molecule has 0 amide bonds. The Morgan fingerprint density at radius 3 is 2.54 bits per heavy atom. The Bertz CT molecular complexity index is 757. The molecule has 1 saturated heterocycles. The summed E-state index contributed by atoms with van der Waals surface area (Å²) in [7, 11) is 0. The highest BCUT2D eigenvalue weighted by Crippen LogP contribution is 2.30. The van der Waals surface area contributed by atoms with E-state index < -0.39 is 4.92 Å². The zero-order valence-electron chi connectivity index (χ0n) is 12.9. The molecular formula is C16H16BrN3O3S. The number of nitro groups is 1. The molecule has 0 atom stereocenters. The van der Waals surface area contributed by atoms with E-state index in [-0.39, 0.29) is 5.69 Å². The highest BCUT2D eigenvalue weighted by molar-refractivity contribution is 9.11. The van der Waals surface area contributed by atoms with Crippen molar-refractivity contribution in [2.45, 2.75) is 6.54 Å². The van der Waals surface area contributed by atoms with Gasteiger partial charge in [-0.15, -0.1) is 11.3 Å². The molecule has 0 unspecified atom stereocenters. The molecule has 0 saturated carbocycles. The summed E-state index contributed by atoms with van der Waals surface area (Å²) in [5, 5.41) is 11.3. The zero-order chi connectivity index (χ0) is 17.1. The van der Waals surface area contributed by atoms with Gasteiger partial charge in [-0.1, -0.05) is 0 Å². The van der Waals surface area contributed by atoms with Gasteiger partial charge in [-0.3, -0.25) is 19.8 Å². The van der Waals surface area contributed by atoms with Crippen LogP contribution in [0.5, 0.6) is 0 Å². The molecule has 2 heterocycles. The number of nitro benzene ring substituents is 1. The van der Waals surface area contributed by atoms with Gasteiger partial charge in [0.25, 0.3) is 5.69 Å². The number of carbonyl (C=O) groups is 1. The summed E-state index contributed by atoms with van der Waals surface area (Å²) in [5.41, 5.74) is 0.909. The van der Waals surface area contributed by atoms with Crippen LogP contribution < -0.4 is 4.90 Å². The average Bonchev–Trinajstić information content (AvgIpc) is 3.00. The van der Waals surface area contributed by atoms with E-state index in [1.54, 1.807) is 23.5 Å². The Kier molecular flexibility index (Phi) is 5.27. The highest BCUT2D eigenvalue weighted by Gasteiger charge is 2.24. The standard InChI is InChI=1S/C16H16BrN3O3S/c17-16-4-2-13(24-16)10-18-5-7-19(8-6-18)14-3-1-12(11-21)9-15(14)20(22)23/h1-4,9,11H,5-8,10H2. The largest absolute Gasteiger partial charge is 0.363 e. The van der Waals surface area contributed by atoms with Gasteiger partial charge < -0.3 is 4.90 Å². The number of nitrogens with zero attached hydrogens (tertiary/aromatic N) is 3. The first-order valence-electron chi connectivity index (χ1n) is 7.52. The summed E-state index contributed by atoms with van der Waals surface area (Å²) < 4.78 is 1.13. The fourth-order valence-electron chi connectivity index (χ4n) is 2.83. The Balaban J connectivity index is 1.68. The smallest absolute Gasteiger partial charge is 0.293 e. The topological polar surface area (TPSA) is 66.7 Å². The van der Waals surface area contributed by atoms with Crippen LogP contribution in [0, 0.1) is 10.1 Å². The number of thiophene rings is 1. The van der Waals surface area contributed by atoms with Crippen molar-refractivity contribution >= 4 is 44.9 Å². The molecule has 3 rings (SSSR count). The quantitative estimate of drug-likeness (QED) is 0.429. The fourth-order valence-corrected chi connectivity index (χ4v) is 4.36. The maximum atomic E-state index is 11.3. The van der Waals surface area contributed by atoms with Crippen LogP contribution in [0.25, 0.3) is 0 Å². The van der Waals surface area contributed by atoms with Crippen LogP contribution in [0.3, 0.4) is 0 Å². The van der Waals surface area contributed by atoms with Gasteiger partial charge in [0, 0.05) is 49.2 Å². The van der Waals surface area contributed by atoms with E-state index in [4.69, 9.17) is 0 Å². The van der Waals surface area contributed by atoms with Gasteiger partial charge in [0.2, 0.25) is 0 Å². The Morgan fingerprint density at radius 2 is 1.96 bits per heavy atom. The van der Waals surface area contributed by atoms with Gasteiger partial charge in [0.15, 0.2) is 0 Å². The normalized spacial score (nSPS) is 15.5. The lowest BCUT2D eigenvalue weighted by molar-refractivity contribution is -0.384. The van der Waals surface area contributed by atoms with Crippen LogP contribution in [0.4, 0.5) is 11.4 Å². The second-order valence-corrected chi connectivity index (χ2v) is 8.14. The van der Waals surface area contributed by atoms with Gasteiger partial charge >= 0.3 is 0 Å². The summed E-state index contributed by atoms with van der Waals surface area (Å²) in [6, 6.07) is 8.81. The third kappa shape index (κ3) is 3.82. The molecule has 1 aromatic carbocycles. The molecule has 126 valence electrons. The summed E-state index contributed by atoms with van der Waals surface area (Å²) in [6.45, 7) is 4.06. The van der Waals surface area contributed by atoms with Crippen molar-refractivity contribution in [2.75, 3.05) is 31.1 Å². The minimum Gasteiger partial charge on any atom is -0.363 e. The Morgan fingerprint density at radius 1 is 1.21 bits per heavy atom. The number of hydrogen-bond acceptors (Lipinski definition) is 6. The van der Waals surface area contributed by atoms with Crippen molar-refractivity contribution in [1.29, 1.82) is 0 Å². The van der Waals surface area contributed by atoms with Crippen molar-refractivity contribution in [2.24, 2.45) is 0 Å². The van der Waals surface area contributed by atoms with Gasteiger partial charge in [0.05, 0.1) is 8.71 Å². The number of hydrogen-bond donors (Lipinski definition) is 0. The lowest BCUT2D eigenvalue weighted by Crippen LogP contribution is -2.46. The molecule has 2 aromatic rings. The molecular weight excluding hydrogens is 394 g/mol. The van der Waals surface area contributed by atoms with E-state index in [0.29, 0.717) is 17.5 Å². The van der Waals surface area contributed by atoms with E-state index in [2.05, 4.69) is 26.9 Å². The maximum Gasteiger partial charge on any atom is 0.293 e. The minimum atomic E-state index is -0.419. The van der Waals surface area contributed by atoms with Crippen molar-refractivity contribution < 1.29 is 9.72 Å². The first kappa shape index (κ1) is 17.1. The van der Waals surface area contributed by atoms with E-state index in [1.165, 1.54) is 10.9 Å². The Labute approximate surface area is 152 Å². The number of anilines is 1. The van der Waals surface area contributed by atoms with E-state index in [0.717, 1.165) is 36.5 Å². The summed E-state index contributed by atoms with van der Waals surface area (Å²) >= 11 is 5.20. The van der Waals surface area contributed by atoms with Crippen LogP contribution >= 0.6 is 27.3 Å². The van der Waals surface area contributed by atoms with E-state index in [1.807, 2.05) is 11.0 Å². The van der Waals surface area contributed by atoms with Crippen molar-refractivity contribution in [1.82, 2.24) is 4.90 Å². The predicted molar refractivity (Wildman–Crippen MR) is 98.0 cm³/mol. The number of piperazine rings is 1. The maximum absolute atomic E-state index is 11.3. The first-order valence-corrected chi connectivity index (χ1v) is 9.13. The van der Waals surface area contributed by atoms with Crippen molar-refractivity contribution in [3.8, 4) is 0 Å². The number of benzene rings is 1. The highest BCUT2D eigenvalue weighted by atomic mass is 79.9. The second-order valence-electron chi connectivity index (χ2n) is 5.59. The SMILES string of the molecule is O=Cc1ccc(N2CCN(Cc3ccc(Br)s3)CC2)c([N+](=O)[O-])c1. The van der Waals surface area contributed by atoms with E-state index >= 15 is 0 Å². The molecule has 1 fully saturated rings. The third-order valence-electron chi connectivity index (χ3n) is 4.05. The third-order valence-corrected chi connectivity index (χ3v) is 5.66. The molecule has 1 aliphatic heterocycles. The van der Waals surface area contributed by atoms with Crippen LogP contribution in [-0.2, 0) is 6.54 Å². The molecule has 0 aliphatic carbocycles. The molecule has 1 aliphatic rings. The molecule has 8 heteroatoms. The average molecular weight is 410 g/mol. The second kappa shape index (κ2) is 7.42. The molecule has 6 nitrogen and oxygen atoms in total. The molecule has 0 spiro atoms. The zero-order valence-corrected chi connectivity index (χ0v) is 15.3. The lowest BCUT2D eigenvalue weighted by Gasteiger charge is -2.35. The van der Waals surface area contributed by atoms with Gasteiger partial charge in [0.1, 0.15) is 12.0 Å². The van der Waals surface area contributed by atoms with Crippen molar-refractivity contribution in [3.63, 3.8) is 0 Å². The van der Waals surface area contributed by atoms with Crippen LogP contribution in [0.1, 0.15) is 15.2 Å². The number of aldehydes is 1. The molecule has 0 radical (unpaired) electrons. The number of carbonyl (C=O) groups excluding carboxylic acids is 1. The predicted octanol–water partition coefficient (Wildman–Crippen LogP) is 3.55. The summed E-state index contributed by atoms with van der Waals surface area (Å²) in [6.07, 6.45) is 0.633. The van der Waals surface area contributed by atoms with Gasteiger partial charge in [-0.2, -0.15) is 0 Å². The minimum absolute atomic E-state index is 0.00441. The van der Waals surface area contributed by atoms with Gasteiger partial charge in [-0.05, 0) is 40.2 Å². The van der Waals surface area contributed by atoms with Crippen LogP contribution in [0.15, 0.2) is 34.1 Å². The molecule has 1 aromatic heterocycles. The van der Waals surface area contributed by atoms with Gasteiger partial charge in [-0.25, -0.2) is 0 Å². The lowest BCUT2D eigenvalue weighted by atomic mass is 10.1. The van der Waals surface area contributed by atoms with Crippen LogP contribution in [-0.4, -0.2) is 42.3 Å². The van der Waals surface area contributed by atoms with Crippen molar-refractivity contribution in [3.05, 3.63) is 54.7 Å². The molecule has 0 N–H and O–H groups in total. The van der Waals surface area contributed by atoms with E-state index in [9.17, 15) is 14.9 Å².